The number of rotatable bonds is 18. The first kappa shape index (κ1) is 28.4. The molecule has 0 aromatic heterocycles. The van der Waals surface area contributed by atoms with Crippen molar-refractivity contribution in [3.05, 3.63) is 29.3 Å². The highest BCUT2D eigenvalue weighted by molar-refractivity contribution is 6.04. The van der Waals surface area contributed by atoms with Gasteiger partial charge in [-0.25, -0.2) is 0 Å². The lowest BCUT2D eigenvalue weighted by atomic mass is 10.1. The van der Waals surface area contributed by atoms with E-state index in [1.54, 1.807) is 18.2 Å². The van der Waals surface area contributed by atoms with Crippen LogP contribution in [0.15, 0.2) is 18.2 Å². The standard InChI is InChI=1S/C25H39N5O5/c1-3-8-22(24(33)28-18-31)30-17-20-19(25(30)34)9-7-10-21(20)29-23(32)11-5-4-6-12-27-14-16-35-15-13-26-2/h7,9-10,18,22,26-27H,3-6,8,11-17H2,1-2H3,(H,29,32)(H,28,31,33). The molecule has 0 saturated carbocycles. The summed E-state index contributed by atoms with van der Waals surface area (Å²) in [6.45, 7) is 6.07. The van der Waals surface area contributed by atoms with Crippen molar-refractivity contribution in [2.75, 3.05) is 45.2 Å². The van der Waals surface area contributed by atoms with E-state index in [1.807, 2.05) is 14.0 Å². The highest BCUT2D eigenvalue weighted by Gasteiger charge is 2.37. The topological polar surface area (TPSA) is 129 Å². The number of imide groups is 1. The van der Waals surface area contributed by atoms with Crippen molar-refractivity contribution in [1.29, 1.82) is 0 Å². The first-order valence-electron chi connectivity index (χ1n) is 12.4. The number of fused-ring (bicyclic) bond motifs is 1. The van der Waals surface area contributed by atoms with Crippen LogP contribution < -0.4 is 21.3 Å². The molecule has 1 heterocycles. The second kappa shape index (κ2) is 16.0. The fourth-order valence-electron chi connectivity index (χ4n) is 4.05. The summed E-state index contributed by atoms with van der Waals surface area (Å²) >= 11 is 0. The van der Waals surface area contributed by atoms with Gasteiger partial charge in [0.15, 0.2) is 0 Å². The predicted octanol–water partition coefficient (Wildman–Crippen LogP) is 1.41. The molecular formula is C25H39N5O5. The number of carbonyl (C=O) groups excluding carboxylic acids is 4. The third-order valence-electron chi connectivity index (χ3n) is 5.89. The van der Waals surface area contributed by atoms with E-state index in [-0.39, 0.29) is 18.4 Å². The molecule has 194 valence electrons. The Bertz CT molecular complexity index is 848. The number of nitrogens with one attached hydrogen (secondary N) is 4. The van der Waals surface area contributed by atoms with Gasteiger partial charge in [0.1, 0.15) is 6.04 Å². The highest BCUT2D eigenvalue weighted by Crippen LogP contribution is 2.31. The molecule has 0 radical (unpaired) electrons. The number of anilines is 1. The SMILES string of the molecule is CCCC(C(=O)NC=O)N1Cc2c(NC(=O)CCCCCNCCOCCNC)cccc2C1=O. The van der Waals surface area contributed by atoms with Crippen LogP contribution in [0.4, 0.5) is 5.69 Å². The maximum atomic E-state index is 13.0. The van der Waals surface area contributed by atoms with Gasteiger partial charge in [-0.2, -0.15) is 0 Å². The van der Waals surface area contributed by atoms with Gasteiger partial charge in [0.25, 0.3) is 5.91 Å². The number of likely N-dealkylation sites (N-methyl/N-ethyl adjacent to an activating group) is 1. The predicted molar refractivity (Wildman–Crippen MR) is 134 cm³/mol. The van der Waals surface area contributed by atoms with Crippen LogP contribution in [0.3, 0.4) is 0 Å². The fourth-order valence-corrected chi connectivity index (χ4v) is 4.05. The molecule has 0 fully saturated rings. The van der Waals surface area contributed by atoms with Gasteiger partial charge < -0.3 is 25.6 Å². The van der Waals surface area contributed by atoms with Gasteiger partial charge in [0.2, 0.25) is 18.2 Å². The van der Waals surface area contributed by atoms with Crippen LogP contribution in [-0.4, -0.2) is 75.0 Å². The molecule has 10 nitrogen and oxygen atoms in total. The molecule has 4 amide bonds. The molecule has 1 atom stereocenters. The summed E-state index contributed by atoms with van der Waals surface area (Å²) in [6.07, 6.45) is 4.55. The molecule has 1 unspecified atom stereocenters. The summed E-state index contributed by atoms with van der Waals surface area (Å²) in [7, 11) is 1.90. The number of benzene rings is 1. The molecule has 0 bridgehead atoms. The van der Waals surface area contributed by atoms with Gasteiger partial charge in [-0.15, -0.1) is 0 Å². The molecule has 4 N–H and O–H groups in total. The Hall–Kier alpha value is -2.82. The average molecular weight is 490 g/mol. The number of ether oxygens (including phenoxy) is 1. The van der Waals surface area contributed by atoms with Crippen molar-refractivity contribution in [3.8, 4) is 0 Å². The van der Waals surface area contributed by atoms with E-state index in [0.29, 0.717) is 55.7 Å². The second-order valence-corrected chi connectivity index (χ2v) is 8.52. The Kier molecular flexibility index (Phi) is 13.0. The Morgan fingerprint density at radius 2 is 1.94 bits per heavy atom. The van der Waals surface area contributed by atoms with Gasteiger partial charge in [0, 0.05) is 42.9 Å². The zero-order valence-electron chi connectivity index (χ0n) is 20.9. The third-order valence-corrected chi connectivity index (χ3v) is 5.89. The van der Waals surface area contributed by atoms with Crippen molar-refractivity contribution in [2.45, 2.75) is 58.0 Å². The average Bonchev–Trinajstić information content (AvgIpc) is 3.18. The van der Waals surface area contributed by atoms with E-state index in [0.717, 1.165) is 38.9 Å². The largest absolute Gasteiger partial charge is 0.379 e. The first-order valence-corrected chi connectivity index (χ1v) is 12.4. The van der Waals surface area contributed by atoms with Crippen LogP contribution in [0.25, 0.3) is 0 Å². The van der Waals surface area contributed by atoms with Crippen LogP contribution in [0.5, 0.6) is 0 Å². The quantitative estimate of drug-likeness (QED) is 0.181. The third kappa shape index (κ3) is 9.04. The summed E-state index contributed by atoms with van der Waals surface area (Å²) in [6, 6.07) is 4.47. The van der Waals surface area contributed by atoms with Crippen LogP contribution >= 0.6 is 0 Å². The van der Waals surface area contributed by atoms with Crippen LogP contribution in [0.2, 0.25) is 0 Å². The Morgan fingerprint density at radius 3 is 2.69 bits per heavy atom. The maximum Gasteiger partial charge on any atom is 0.255 e. The normalized spacial score (nSPS) is 13.4. The van der Waals surface area contributed by atoms with Gasteiger partial charge in [-0.05, 0) is 45.0 Å². The zero-order valence-corrected chi connectivity index (χ0v) is 20.9. The lowest BCUT2D eigenvalue weighted by Crippen LogP contribution is -2.46. The van der Waals surface area contributed by atoms with Crippen molar-refractivity contribution < 1.29 is 23.9 Å². The minimum atomic E-state index is -0.734. The molecule has 35 heavy (non-hydrogen) atoms. The van der Waals surface area contributed by atoms with E-state index in [1.165, 1.54) is 4.90 Å². The second-order valence-electron chi connectivity index (χ2n) is 8.52. The fraction of sp³-hybridized carbons (Fsp3) is 0.600. The van der Waals surface area contributed by atoms with Crippen molar-refractivity contribution >= 4 is 29.8 Å². The van der Waals surface area contributed by atoms with E-state index in [2.05, 4.69) is 21.3 Å². The van der Waals surface area contributed by atoms with Crippen molar-refractivity contribution in [2.24, 2.45) is 0 Å². The maximum absolute atomic E-state index is 13.0. The number of carbonyl (C=O) groups is 4. The number of hydrogen-bond acceptors (Lipinski definition) is 7. The molecule has 10 heteroatoms. The number of unbranched alkanes of at least 4 members (excludes halogenated alkanes) is 2. The Morgan fingerprint density at radius 1 is 1.14 bits per heavy atom. The number of amides is 4. The van der Waals surface area contributed by atoms with Crippen LogP contribution in [-0.2, 0) is 25.7 Å². The summed E-state index contributed by atoms with van der Waals surface area (Å²) in [5.41, 5.74) is 1.77. The highest BCUT2D eigenvalue weighted by atomic mass is 16.5. The van der Waals surface area contributed by atoms with Gasteiger partial charge >= 0.3 is 0 Å². The van der Waals surface area contributed by atoms with Crippen molar-refractivity contribution in [1.82, 2.24) is 20.9 Å². The molecule has 1 aliphatic rings. The summed E-state index contributed by atoms with van der Waals surface area (Å²) in [5.74, 6) is -0.862. The summed E-state index contributed by atoms with van der Waals surface area (Å²) in [5, 5.41) is 11.5. The minimum Gasteiger partial charge on any atom is -0.379 e. The van der Waals surface area contributed by atoms with Gasteiger partial charge in [-0.1, -0.05) is 25.8 Å². The monoisotopic (exact) mass is 489 g/mol. The minimum absolute atomic E-state index is 0.0982. The van der Waals surface area contributed by atoms with Crippen LogP contribution in [0, 0.1) is 0 Å². The lowest BCUT2D eigenvalue weighted by molar-refractivity contribution is -0.129. The number of nitrogens with zero attached hydrogens (tertiary/aromatic N) is 1. The molecule has 1 aliphatic heterocycles. The van der Waals surface area contributed by atoms with E-state index in [9.17, 15) is 19.2 Å². The Balaban J connectivity index is 1.78. The Labute approximate surface area is 207 Å². The number of hydrogen-bond donors (Lipinski definition) is 4. The van der Waals surface area contributed by atoms with Gasteiger partial charge in [-0.3, -0.25) is 24.5 Å². The van der Waals surface area contributed by atoms with Gasteiger partial charge in [0.05, 0.1) is 13.2 Å². The van der Waals surface area contributed by atoms with E-state index in [4.69, 9.17) is 4.74 Å². The summed E-state index contributed by atoms with van der Waals surface area (Å²) < 4.78 is 5.45. The molecule has 1 aromatic carbocycles. The molecule has 0 aliphatic carbocycles. The van der Waals surface area contributed by atoms with E-state index < -0.39 is 11.9 Å². The molecule has 0 saturated heterocycles. The first-order chi connectivity index (χ1) is 17.0. The smallest absolute Gasteiger partial charge is 0.255 e. The van der Waals surface area contributed by atoms with Crippen LogP contribution in [0.1, 0.15) is 61.4 Å². The molecule has 2 rings (SSSR count). The van der Waals surface area contributed by atoms with Crippen molar-refractivity contribution in [3.63, 3.8) is 0 Å². The van der Waals surface area contributed by atoms with E-state index >= 15 is 0 Å². The molecule has 0 spiro atoms. The zero-order chi connectivity index (χ0) is 25.5. The lowest BCUT2D eigenvalue weighted by Gasteiger charge is -2.25. The molecular weight excluding hydrogens is 450 g/mol. The summed E-state index contributed by atoms with van der Waals surface area (Å²) in [4.78, 5) is 50.0. The molecule has 1 aromatic rings.